The highest BCUT2D eigenvalue weighted by atomic mass is 32.2. The van der Waals surface area contributed by atoms with Crippen LogP contribution in [0.15, 0.2) is 29.2 Å². The normalized spacial score (nSPS) is 22.3. The van der Waals surface area contributed by atoms with Crippen molar-refractivity contribution in [3.63, 3.8) is 0 Å². The van der Waals surface area contributed by atoms with Crippen LogP contribution in [0.1, 0.15) is 37.6 Å². The molecule has 1 fully saturated rings. The van der Waals surface area contributed by atoms with E-state index in [9.17, 15) is 13.2 Å². The van der Waals surface area contributed by atoms with Gasteiger partial charge in [0.1, 0.15) is 0 Å². The molecule has 0 saturated carbocycles. The van der Waals surface area contributed by atoms with Crippen molar-refractivity contribution in [3.05, 3.63) is 29.8 Å². The molecule has 122 valence electrons. The predicted molar refractivity (Wildman–Crippen MR) is 86.4 cm³/mol. The maximum absolute atomic E-state index is 12.5. The zero-order valence-electron chi connectivity index (χ0n) is 13.4. The average molecular weight is 324 g/mol. The van der Waals surface area contributed by atoms with E-state index < -0.39 is 15.1 Å². The number of carbonyl (C=O) groups is 1. The van der Waals surface area contributed by atoms with E-state index in [0.29, 0.717) is 25.2 Å². The van der Waals surface area contributed by atoms with E-state index in [1.54, 1.807) is 30.9 Å². The van der Waals surface area contributed by atoms with Gasteiger partial charge < -0.3 is 10.6 Å². The van der Waals surface area contributed by atoms with Crippen molar-refractivity contribution in [1.29, 1.82) is 0 Å². The van der Waals surface area contributed by atoms with Crippen molar-refractivity contribution in [2.75, 3.05) is 19.6 Å². The van der Waals surface area contributed by atoms with Gasteiger partial charge in [0.05, 0.1) is 10.1 Å². The number of benzene rings is 1. The minimum Gasteiger partial charge on any atom is -0.338 e. The molecule has 0 radical (unpaired) electrons. The smallest absolute Gasteiger partial charge is 0.253 e. The molecule has 2 rings (SSSR count). The fraction of sp³-hybridized carbons (Fsp3) is 0.562. The monoisotopic (exact) mass is 324 g/mol. The van der Waals surface area contributed by atoms with Gasteiger partial charge in [0.2, 0.25) is 0 Å². The minimum atomic E-state index is -3.30. The van der Waals surface area contributed by atoms with Gasteiger partial charge in [-0.25, -0.2) is 8.42 Å². The molecule has 0 aliphatic carbocycles. The summed E-state index contributed by atoms with van der Waals surface area (Å²) in [5.41, 5.74) is 6.26. The quantitative estimate of drug-likeness (QED) is 0.914. The van der Waals surface area contributed by atoms with Crippen LogP contribution >= 0.6 is 0 Å². The second-order valence-electron chi connectivity index (χ2n) is 6.61. The molecule has 1 unspecified atom stereocenters. The molecule has 5 nitrogen and oxygen atoms in total. The van der Waals surface area contributed by atoms with Gasteiger partial charge in [-0.15, -0.1) is 0 Å². The Morgan fingerprint density at radius 1 is 1.32 bits per heavy atom. The molecule has 0 spiro atoms. The largest absolute Gasteiger partial charge is 0.338 e. The molecule has 1 aliphatic rings. The second kappa shape index (κ2) is 6.01. The van der Waals surface area contributed by atoms with Crippen LogP contribution < -0.4 is 5.73 Å². The summed E-state index contributed by atoms with van der Waals surface area (Å²) in [5.74, 6) is -0.0642. The van der Waals surface area contributed by atoms with Crippen molar-refractivity contribution >= 4 is 15.7 Å². The topological polar surface area (TPSA) is 80.5 Å². The lowest BCUT2D eigenvalue weighted by Crippen LogP contribution is -2.34. The number of sulfone groups is 1. The second-order valence-corrected chi connectivity index (χ2v) is 9.11. The molecule has 0 aromatic heterocycles. The molecular formula is C16H24N2O3S. The van der Waals surface area contributed by atoms with E-state index >= 15 is 0 Å². The fourth-order valence-electron chi connectivity index (χ4n) is 2.61. The van der Waals surface area contributed by atoms with Crippen LogP contribution in [0.5, 0.6) is 0 Å². The van der Waals surface area contributed by atoms with E-state index in [1.807, 2.05) is 0 Å². The first kappa shape index (κ1) is 17.0. The van der Waals surface area contributed by atoms with Gasteiger partial charge in [0.25, 0.3) is 5.91 Å². The Bertz CT molecular complexity index is 652. The molecule has 0 bridgehead atoms. The third-order valence-electron chi connectivity index (χ3n) is 4.39. The summed E-state index contributed by atoms with van der Waals surface area (Å²) in [6.07, 6.45) is 0.898. The molecular weight excluding hydrogens is 300 g/mol. The summed E-state index contributed by atoms with van der Waals surface area (Å²) >= 11 is 0. The third-order valence-corrected chi connectivity index (χ3v) is 6.56. The Balaban J connectivity index is 2.16. The van der Waals surface area contributed by atoms with E-state index in [4.69, 9.17) is 5.73 Å². The van der Waals surface area contributed by atoms with Gasteiger partial charge in [0, 0.05) is 18.7 Å². The Labute approximate surface area is 132 Å². The Kier molecular flexibility index (Phi) is 4.63. The van der Waals surface area contributed by atoms with Crippen LogP contribution in [0.4, 0.5) is 0 Å². The van der Waals surface area contributed by atoms with Gasteiger partial charge in [-0.1, -0.05) is 6.92 Å². The highest BCUT2D eigenvalue weighted by Gasteiger charge is 2.35. The molecule has 1 saturated heterocycles. The first-order chi connectivity index (χ1) is 10.2. The lowest BCUT2D eigenvalue weighted by atomic mass is 9.90. The molecule has 1 aromatic rings. The van der Waals surface area contributed by atoms with Crippen LogP contribution in [0, 0.1) is 5.41 Å². The first-order valence-electron chi connectivity index (χ1n) is 7.53. The predicted octanol–water partition coefficient (Wildman–Crippen LogP) is 1.68. The number of hydrogen-bond donors (Lipinski definition) is 1. The van der Waals surface area contributed by atoms with Crippen LogP contribution in [0.25, 0.3) is 0 Å². The maximum Gasteiger partial charge on any atom is 0.253 e. The van der Waals surface area contributed by atoms with Crippen molar-refractivity contribution in [1.82, 2.24) is 4.90 Å². The maximum atomic E-state index is 12.5. The minimum absolute atomic E-state index is 0.0173. The van der Waals surface area contributed by atoms with Gasteiger partial charge in [-0.05, 0) is 56.5 Å². The number of nitrogens with two attached hydrogens (primary N) is 1. The molecule has 22 heavy (non-hydrogen) atoms. The number of amides is 1. The molecule has 1 atom stereocenters. The van der Waals surface area contributed by atoms with Crippen molar-refractivity contribution < 1.29 is 13.2 Å². The standard InChI is InChI=1S/C16H24N2O3S/c1-12(2)22(20,21)14-6-4-13(5-7-14)15(19)18-9-8-16(3,10-17)11-18/h4-7,12H,8-11,17H2,1-3H3. The number of rotatable bonds is 4. The van der Waals surface area contributed by atoms with E-state index in [0.717, 1.165) is 6.42 Å². The molecule has 1 aromatic carbocycles. The zero-order chi connectivity index (χ0) is 16.5. The van der Waals surface area contributed by atoms with Gasteiger partial charge in [-0.2, -0.15) is 0 Å². The average Bonchev–Trinajstić information content (AvgIpc) is 2.90. The number of likely N-dealkylation sites (tertiary alicyclic amines) is 1. The van der Waals surface area contributed by atoms with E-state index in [-0.39, 0.29) is 16.2 Å². The molecule has 1 heterocycles. The Morgan fingerprint density at radius 2 is 1.91 bits per heavy atom. The summed E-state index contributed by atoms with van der Waals surface area (Å²) < 4.78 is 24.2. The highest BCUT2D eigenvalue weighted by molar-refractivity contribution is 7.92. The summed E-state index contributed by atoms with van der Waals surface area (Å²) in [5, 5.41) is -0.474. The summed E-state index contributed by atoms with van der Waals surface area (Å²) in [6.45, 7) is 7.27. The van der Waals surface area contributed by atoms with Crippen LogP contribution in [0.3, 0.4) is 0 Å². The lowest BCUT2D eigenvalue weighted by Gasteiger charge is -2.22. The molecule has 6 heteroatoms. The SMILES string of the molecule is CC(C)S(=O)(=O)c1ccc(C(=O)N2CCC(C)(CN)C2)cc1. The van der Waals surface area contributed by atoms with Gasteiger partial charge >= 0.3 is 0 Å². The fourth-order valence-corrected chi connectivity index (χ4v) is 3.67. The summed E-state index contributed by atoms with van der Waals surface area (Å²) in [6, 6.07) is 6.22. The first-order valence-corrected chi connectivity index (χ1v) is 9.07. The Morgan fingerprint density at radius 3 is 2.36 bits per heavy atom. The van der Waals surface area contributed by atoms with Crippen molar-refractivity contribution in [2.24, 2.45) is 11.1 Å². The number of hydrogen-bond acceptors (Lipinski definition) is 4. The summed E-state index contributed by atoms with van der Waals surface area (Å²) in [7, 11) is -3.30. The van der Waals surface area contributed by atoms with E-state index in [1.165, 1.54) is 12.1 Å². The van der Waals surface area contributed by atoms with Crippen molar-refractivity contribution in [3.8, 4) is 0 Å². The zero-order valence-corrected chi connectivity index (χ0v) is 14.2. The number of carbonyl (C=O) groups excluding carboxylic acids is 1. The van der Waals surface area contributed by atoms with Crippen LogP contribution in [-0.4, -0.2) is 44.1 Å². The molecule has 1 amide bonds. The number of nitrogens with zero attached hydrogens (tertiary/aromatic N) is 1. The summed E-state index contributed by atoms with van der Waals surface area (Å²) in [4.78, 5) is 14.5. The highest BCUT2D eigenvalue weighted by Crippen LogP contribution is 2.29. The van der Waals surface area contributed by atoms with E-state index in [2.05, 4.69) is 6.92 Å². The van der Waals surface area contributed by atoms with Crippen LogP contribution in [-0.2, 0) is 9.84 Å². The lowest BCUT2D eigenvalue weighted by molar-refractivity contribution is 0.0777. The molecule has 1 aliphatic heterocycles. The van der Waals surface area contributed by atoms with Crippen LogP contribution in [0.2, 0.25) is 0 Å². The van der Waals surface area contributed by atoms with Gasteiger partial charge in [-0.3, -0.25) is 4.79 Å². The Hall–Kier alpha value is -1.40. The van der Waals surface area contributed by atoms with Gasteiger partial charge in [0.15, 0.2) is 9.84 Å². The third kappa shape index (κ3) is 3.17. The molecule has 2 N–H and O–H groups in total. The van der Waals surface area contributed by atoms with Crippen molar-refractivity contribution in [2.45, 2.75) is 37.3 Å².